The van der Waals surface area contributed by atoms with Crippen molar-refractivity contribution in [2.24, 2.45) is 0 Å². The second-order valence-electron chi connectivity index (χ2n) is 7.44. The van der Waals surface area contributed by atoms with E-state index in [1.54, 1.807) is 5.48 Å². The van der Waals surface area contributed by atoms with E-state index in [9.17, 15) is 9.59 Å². The van der Waals surface area contributed by atoms with Crippen molar-refractivity contribution < 1.29 is 19.9 Å². The summed E-state index contributed by atoms with van der Waals surface area (Å²) in [4.78, 5) is 21.2. The van der Waals surface area contributed by atoms with Crippen molar-refractivity contribution in [2.75, 3.05) is 0 Å². The minimum absolute atomic E-state index is 0.277. The summed E-state index contributed by atoms with van der Waals surface area (Å²) in [6, 6.07) is 0. The van der Waals surface area contributed by atoms with Crippen LogP contribution >= 0.6 is 0 Å². The number of carboxylic acid groups (broad SMARTS) is 1. The van der Waals surface area contributed by atoms with Crippen LogP contribution in [0.1, 0.15) is 122 Å². The third kappa shape index (κ3) is 20.9. The first-order valence-corrected chi connectivity index (χ1v) is 10.8. The summed E-state index contributed by atoms with van der Waals surface area (Å²) in [5, 5.41) is 16.9. The fourth-order valence-corrected chi connectivity index (χ4v) is 3.27. The third-order valence-corrected chi connectivity index (χ3v) is 4.92. The van der Waals surface area contributed by atoms with Gasteiger partial charge in [0.15, 0.2) is 0 Å². The normalized spacial score (nSPS) is 10.8. The number of unbranched alkanes of at least 4 members (excludes halogenated alkanes) is 16. The molecule has 26 heavy (non-hydrogen) atoms. The Hall–Kier alpha value is -1.10. The summed E-state index contributed by atoms with van der Waals surface area (Å²) in [7, 11) is 0. The lowest BCUT2D eigenvalue weighted by Gasteiger charge is -2.04. The van der Waals surface area contributed by atoms with Crippen LogP contribution in [0.2, 0.25) is 0 Å². The molecule has 0 spiro atoms. The minimum atomic E-state index is -0.672. The van der Waals surface area contributed by atoms with Crippen molar-refractivity contribution >= 4 is 11.9 Å². The average Bonchev–Trinajstić information content (AvgIpc) is 2.63. The Kier molecular flexibility index (Phi) is 19.4. The summed E-state index contributed by atoms with van der Waals surface area (Å²) in [5.41, 5.74) is 1.67. The Bertz CT molecular complexity index is 334. The second kappa shape index (κ2) is 20.2. The molecule has 0 fully saturated rings. The number of hydrogen-bond donors (Lipinski definition) is 3. The van der Waals surface area contributed by atoms with E-state index in [0.29, 0.717) is 12.8 Å². The van der Waals surface area contributed by atoms with Gasteiger partial charge in [-0.15, -0.1) is 0 Å². The summed E-state index contributed by atoms with van der Waals surface area (Å²) in [5.74, 6) is -0.949. The van der Waals surface area contributed by atoms with E-state index < -0.39 is 5.97 Å². The maximum atomic E-state index is 10.8. The van der Waals surface area contributed by atoms with E-state index in [-0.39, 0.29) is 5.91 Å². The molecule has 0 aliphatic carbocycles. The van der Waals surface area contributed by atoms with E-state index in [1.165, 1.54) is 83.5 Å². The highest BCUT2D eigenvalue weighted by Gasteiger charge is 1.99. The van der Waals surface area contributed by atoms with Gasteiger partial charge >= 0.3 is 5.97 Å². The van der Waals surface area contributed by atoms with Crippen molar-refractivity contribution in [3.8, 4) is 0 Å². The quantitative estimate of drug-likeness (QED) is 0.139. The van der Waals surface area contributed by atoms with Gasteiger partial charge in [0.1, 0.15) is 0 Å². The van der Waals surface area contributed by atoms with E-state index in [2.05, 4.69) is 0 Å². The van der Waals surface area contributed by atoms with Crippen LogP contribution in [0.25, 0.3) is 0 Å². The molecule has 0 heterocycles. The second-order valence-corrected chi connectivity index (χ2v) is 7.44. The number of hydroxylamine groups is 1. The molecule has 0 aliphatic rings. The van der Waals surface area contributed by atoms with Crippen LogP contribution in [0.3, 0.4) is 0 Å². The molecule has 0 radical (unpaired) electrons. The highest BCUT2D eigenvalue weighted by atomic mass is 16.5. The Morgan fingerprint density at radius 3 is 1.04 bits per heavy atom. The maximum absolute atomic E-state index is 10.8. The number of amides is 1. The van der Waals surface area contributed by atoms with Crippen molar-refractivity contribution in [1.82, 2.24) is 5.48 Å². The van der Waals surface area contributed by atoms with E-state index in [1.807, 2.05) is 0 Å². The number of hydrogen-bond acceptors (Lipinski definition) is 3. The van der Waals surface area contributed by atoms with E-state index in [4.69, 9.17) is 10.3 Å². The van der Waals surface area contributed by atoms with Gasteiger partial charge in [-0.1, -0.05) is 96.3 Å². The fourth-order valence-electron chi connectivity index (χ4n) is 3.27. The fraction of sp³-hybridized carbons (Fsp3) is 0.905. The molecule has 0 saturated carbocycles. The Morgan fingerprint density at radius 1 is 0.500 bits per heavy atom. The molecule has 0 rings (SSSR count). The van der Waals surface area contributed by atoms with Gasteiger partial charge in [-0.05, 0) is 12.8 Å². The molecular formula is C21H41NO4. The zero-order chi connectivity index (χ0) is 19.3. The molecule has 0 aromatic rings. The lowest BCUT2D eigenvalue weighted by molar-refractivity contribution is -0.137. The van der Waals surface area contributed by atoms with Crippen LogP contribution in [0.4, 0.5) is 0 Å². The predicted molar refractivity (Wildman–Crippen MR) is 105 cm³/mol. The third-order valence-electron chi connectivity index (χ3n) is 4.92. The van der Waals surface area contributed by atoms with Gasteiger partial charge < -0.3 is 5.11 Å². The molecule has 5 nitrogen and oxygen atoms in total. The lowest BCUT2D eigenvalue weighted by atomic mass is 10.0. The minimum Gasteiger partial charge on any atom is -0.481 e. The smallest absolute Gasteiger partial charge is 0.303 e. The van der Waals surface area contributed by atoms with Crippen molar-refractivity contribution in [3.63, 3.8) is 0 Å². The van der Waals surface area contributed by atoms with Gasteiger partial charge in [-0.25, -0.2) is 5.48 Å². The molecule has 5 heteroatoms. The Balaban J connectivity index is 3.03. The lowest BCUT2D eigenvalue weighted by Crippen LogP contribution is -2.17. The van der Waals surface area contributed by atoms with Crippen LogP contribution in [-0.2, 0) is 9.59 Å². The average molecular weight is 372 g/mol. The molecule has 3 N–H and O–H groups in total. The molecule has 1 amide bonds. The standard InChI is InChI=1S/C21H41NO4/c23-20(22-26)18-16-14-12-10-8-6-4-2-1-3-5-7-9-11-13-15-17-19-21(24)25/h26H,1-19H2,(H,22,23)(H,24,25). The largest absolute Gasteiger partial charge is 0.481 e. The molecule has 0 aliphatic heterocycles. The summed E-state index contributed by atoms with van der Waals surface area (Å²) in [6.07, 6.45) is 21.5. The highest BCUT2D eigenvalue weighted by Crippen LogP contribution is 2.14. The van der Waals surface area contributed by atoms with Crippen molar-refractivity contribution in [1.29, 1.82) is 0 Å². The van der Waals surface area contributed by atoms with Crippen molar-refractivity contribution in [2.45, 2.75) is 122 Å². The molecule has 0 bridgehead atoms. The number of carbonyl (C=O) groups excluding carboxylic acids is 1. The van der Waals surface area contributed by atoms with Gasteiger partial charge in [0.2, 0.25) is 5.91 Å². The monoisotopic (exact) mass is 371 g/mol. The van der Waals surface area contributed by atoms with Crippen LogP contribution in [0, 0.1) is 0 Å². The molecule has 0 atom stereocenters. The molecule has 0 aromatic heterocycles. The number of nitrogens with one attached hydrogen (secondary N) is 1. The first-order chi connectivity index (χ1) is 12.7. The first kappa shape index (κ1) is 24.9. The van der Waals surface area contributed by atoms with Gasteiger partial charge in [0.25, 0.3) is 0 Å². The van der Waals surface area contributed by atoms with Gasteiger partial charge in [0.05, 0.1) is 0 Å². The summed E-state index contributed by atoms with van der Waals surface area (Å²) < 4.78 is 0. The highest BCUT2D eigenvalue weighted by molar-refractivity contribution is 5.74. The number of carboxylic acids is 1. The zero-order valence-electron chi connectivity index (χ0n) is 16.6. The van der Waals surface area contributed by atoms with Gasteiger partial charge in [0, 0.05) is 12.8 Å². The molecule has 0 unspecified atom stereocenters. The summed E-state index contributed by atoms with van der Waals surface area (Å²) >= 11 is 0. The molecular weight excluding hydrogens is 330 g/mol. The van der Waals surface area contributed by atoms with Crippen LogP contribution < -0.4 is 5.48 Å². The Morgan fingerprint density at radius 2 is 0.769 bits per heavy atom. The Labute approximate surface area is 159 Å². The van der Waals surface area contributed by atoms with E-state index >= 15 is 0 Å². The number of aliphatic carboxylic acids is 1. The first-order valence-electron chi connectivity index (χ1n) is 10.8. The van der Waals surface area contributed by atoms with Gasteiger partial charge in [-0.2, -0.15) is 0 Å². The van der Waals surface area contributed by atoms with Crippen LogP contribution in [0.5, 0.6) is 0 Å². The number of rotatable bonds is 20. The molecule has 154 valence electrons. The maximum Gasteiger partial charge on any atom is 0.303 e. The number of carbonyl (C=O) groups is 2. The molecule has 0 saturated heterocycles. The van der Waals surface area contributed by atoms with E-state index in [0.717, 1.165) is 25.7 Å². The molecule has 0 aromatic carbocycles. The van der Waals surface area contributed by atoms with Crippen LogP contribution in [-0.4, -0.2) is 22.2 Å². The topological polar surface area (TPSA) is 86.6 Å². The van der Waals surface area contributed by atoms with Crippen LogP contribution in [0.15, 0.2) is 0 Å². The summed E-state index contributed by atoms with van der Waals surface area (Å²) in [6.45, 7) is 0. The predicted octanol–water partition coefficient (Wildman–Crippen LogP) is 5.99. The van der Waals surface area contributed by atoms with Gasteiger partial charge in [-0.3, -0.25) is 14.8 Å². The zero-order valence-corrected chi connectivity index (χ0v) is 16.6. The SMILES string of the molecule is O=C(O)CCCCCCCCCCCCCCCCCCCC(=O)NO. The van der Waals surface area contributed by atoms with Crippen molar-refractivity contribution in [3.05, 3.63) is 0 Å².